The Kier molecular flexibility index (Phi) is 4.59. The Hall–Kier alpha value is -2.35. The molecule has 21 heavy (non-hydrogen) atoms. The maximum Gasteiger partial charge on any atom is 0.246 e. The van der Waals surface area contributed by atoms with Crippen molar-refractivity contribution in [3.05, 3.63) is 41.7 Å². The molecular formula is C13H14F2N4O2. The Bertz CT molecular complexity index is 645. The van der Waals surface area contributed by atoms with E-state index >= 15 is 0 Å². The van der Waals surface area contributed by atoms with Crippen LogP contribution < -0.4 is 5.32 Å². The van der Waals surface area contributed by atoms with E-state index < -0.39 is 23.6 Å². The number of aromatic nitrogens is 3. The predicted octanol–water partition coefficient (Wildman–Crippen LogP) is 1.64. The molecule has 0 aliphatic rings. The fourth-order valence-corrected chi connectivity index (χ4v) is 1.68. The van der Waals surface area contributed by atoms with Gasteiger partial charge in [-0.25, -0.2) is 13.5 Å². The highest BCUT2D eigenvalue weighted by molar-refractivity contribution is 5.90. The Morgan fingerprint density at radius 3 is 2.90 bits per heavy atom. The summed E-state index contributed by atoms with van der Waals surface area (Å²) < 4.78 is 27.4. The minimum Gasteiger partial charge on any atom is -0.387 e. The van der Waals surface area contributed by atoms with Crippen molar-refractivity contribution in [2.45, 2.75) is 26.0 Å². The van der Waals surface area contributed by atoms with Crippen molar-refractivity contribution in [1.29, 1.82) is 0 Å². The van der Waals surface area contributed by atoms with Gasteiger partial charge < -0.3 is 10.4 Å². The molecule has 1 aromatic heterocycles. The molecule has 0 fully saturated rings. The first-order chi connectivity index (χ1) is 9.99. The van der Waals surface area contributed by atoms with Crippen molar-refractivity contribution in [3.63, 3.8) is 0 Å². The predicted molar refractivity (Wildman–Crippen MR) is 70.3 cm³/mol. The van der Waals surface area contributed by atoms with E-state index in [-0.39, 0.29) is 12.2 Å². The third-order valence-corrected chi connectivity index (χ3v) is 2.80. The maximum atomic E-state index is 13.4. The van der Waals surface area contributed by atoms with Gasteiger partial charge in [-0.15, -0.1) is 5.10 Å². The molecule has 6 nitrogen and oxygen atoms in total. The second kappa shape index (κ2) is 6.40. The number of anilines is 1. The molecular weight excluding hydrogens is 282 g/mol. The van der Waals surface area contributed by atoms with E-state index in [0.717, 1.165) is 12.1 Å². The van der Waals surface area contributed by atoms with E-state index in [1.807, 2.05) is 0 Å². The van der Waals surface area contributed by atoms with Gasteiger partial charge in [0.05, 0.1) is 18.0 Å². The largest absolute Gasteiger partial charge is 0.387 e. The number of aliphatic hydroxyl groups excluding tert-OH is 1. The number of aliphatic hydroxyl groups is 1. The number of nitrogens with one attached hydrogen (secondary N) is 1. The van der Waals surface area contributed by atoms with Crippen molar-refractivity contribution >= 4 is 11.6 Å². The van der Waals surface area contributed by atoms with Crippen LogP contribution in [0.3, 0.4) is 0 Å². The number of benzene rings is 1. The number of rotatable bonds is 5. The van der Waals surface area contributed by atoms with Crippen molar-refractivity contribution < 1.29 is 18.7 Å². The van der Waals surface area contributed by atoms with E-state index in [4.69, 9.17) is 0 Å². The van der Waals surface area contributed by atoms with Crippen LogP contribution in [-0.4, -0.2) is 26.0 Å². The summed E-state index contributed by atoms with van der Waals surface area (Å²) in [6.07, 6.45) is 1.18. The molecule has 0 radical (unpaired) electrons. The van der Waals surface area contributed by atoms with Crippen molar-refractivity contribution in [2.75, 3.05) is 5.32 Å². The lowest BCUT2D eigenvalue weighted by atomic mass is 10.2. The number of hydrogen-bond acceptors (Lipinski definition) is 4. The maximum absolute atomic E-state index is 13.4. The fourth-order valence-electron chi connectivity index (χ4n) is 1.68. The van der Waals surface area contributed by atoms with Gasteiger partial charge in [-0.05, 0) is 18.6 Å². The van der Waals surface area contributed by atoms with Gasteiger partial charge in [-0.1, -0.05) is 12.1 Å². The number of nitrogens with zero attached hydrogens (tertiary/aromatic N) is 3. The number of amides is 1. The third kappa shape index (κ3) is 3.82. The van der Waals surface area contributed by atoms with Crippen LogP contribution in [0.4, 0.5) is 14.5 Å². The highest BCUT2D eigenvalue weighted by atomic mass is 19.1. The van der Waals surface area contributed by atoms with Gasteiger partial charge in [0.25, 0.3) is 0 Å². The summed E-state index contributed by atoms with van der Waals surface area (Å²) in [4.78, 5) is 11.7. The molecule has 0 spiro atoms. The normalized spacial score (nSPS) is 12.2. The summed E-state index contributed by atoms with van der Waals surface area (Å²) in [5, 5.41) is 19.3. The Balaban J connectivity index is 2.00. The Morgan fingerprint density at radius 2 is 2.24 bits per heavy atom. The van der Waals surface area contributed by atoms with Gasteiger partial charge in [0.15, 0.2) is 0 Å². The molecule has 1 amide bonds. The van der Waals surface area contributed by atoms with Crippen LogP contribution in [0.25, 0.3) is 0 Å². The topological polar surface area (TPSA) is 80.0 Å². The number of halogens is 2. The van der Waals surface area contributed by atoms with Crippen molar-refractivity contribution in [3.8, 4) is 0 Å². The van der Waals surface area contributed by atoms with Crippen LogP contribution in [0, 0.1) is 11.6 Å². The smallest absolute Gasteiger partial charge is 0.246 e. The molecule has 0 bridgehead atoms. The second-order valence-corrected chi connectivity index (χ2v) is 4.44. The SMILES string of the molecule is CCC(O)c1cn(CC(=O)Nc2ccc(F)cc2F)nn1. The molecule has 1 aromatic carbocycles. The fraction of sp³-hybridized carbons (Fsp3) is 0.308. The van der Waals surface area contributed by atoms with Gasteiger partial charge >= 0.3 is 0 Å². The Morgan fingerprint density at radius 1 is 1.48 bits per heavy atom. The molecule has 2 N–H and O–H groups in total. The lowest BCUT2D eigenvalue weighted by Gasteiger charge is -2.06. The van der Waals surface area contributed by atoms with E-state index in [1.165, 1.54) is 10.9 Å². The molecule has 112 valence electrons. The quantitative estimate of drug-likeness (QED) is 0.879. The summed E-state index contributed by atoms with van der Waals surface area (Å²) in [5.41, 5.74) is 0.244. The summed E-state index contributed by atoms with van der Waals surface area (Å²) in [6, 6.07) is 2.86. The first-order valence-corrected chi connectivity index (χ1v) is 6.32. The number of carbonyl (C=O) groups excluding carboxylic acids is 1. The van der Waals surface area contributed by atoms with Crippen LogP contribution >= 0.6 is 0 Å². The van der Waals surface area contributed by atoms with Gasteiger partial charge in [-0.2, -0.15) is 0 Å². The molecule has 0 aliphatic heterocycles. The highest BCUT2D eigenvalue weighted by Gasteiger charge is 2.12. The average Bonchev–Trinajstić information content (AvgIpc) is 2.89. The monoisotopic (exact) mass is 296 g/mol. The minimum atomic E-state index is -0.857. The van der Waals surface area contributed by atoms with Crippen molar-refractivity contribution in [2.24, 2.45) is 0 Å². The highest BCUT2D eigenvalue weighted by Crippen LogP contribution is 2.15. The molecule has 2 rings (SSSR count). The Labute approximate surface area is 119 Å². The van der Waals surface area contributed by atoms with Crippen LogP contribution in [-0.2, 0) is 11.3 Å². The average molecular weight is 296 g/mol. The van der Waals surface area contributed by atoms with Crippen LogP contribution in [0.2, 0.25) is 0 Å². The molecule has 1 atom stereocenters. The lowest BCUT2D eigenvalue weighted by molar-refractivity contribution is -0.117. The van der Waals surface area contributed by atoms with E-state index in [9.17, 15) is 18.7 Å². The van der Waals surface area contributed by atoms with Gasteiger partial charge in [0.2, 0.25) is 5.91 Å². The molecule has 1 unspecified atom stereocenters. The third-order valence-electron chi connectivity index (χ3n) is 2.80. The van der Waals surface area contributed by atoms with E-state index in [2.05, 4.69) is 15.6 Å². The number of carbonyl (C=O) groups is 1. The van der Waals surface area contributed by atoms with Crippen LogP contribution in [0.15, 0.2) is 24.4 Å². The van der Waals surface area contributed by atoms with Crippen LogP contribution in [0.1, 0.15) is 25.1 Å². The molecule has 1 heterocycles. The van der Waals surface area contributed by atoms with E-state index in [1.54, 1.807) is 6.92 Å². The van der Waals surface area contributed by atoms with Crippen molar-refractivity contribution in [1.82, 2.24) is 15.0 Å². The van der Waals surface area contributed by atoms with Crippen LogP contribution in [0.5, 0.6) is 0 Å². The summed E-state index contributed by atoms with van der Waals surface area (Å²) >= 11 is 0. The van der Waals surface area contributed by atoms with Gasteiger partial charge in [-0.3, -0.25) is 4.79 Å². The zero-order valence-corrected chi connectivity index (χ0v) is 11.3. The summed E-state index contributed by atoms with van der Waals surface area (Å²) in [5.74, 6) is -2.12. The molecule has 2 aromatic rings. The molecule has 0 aliphatic carbocycles. The zero-order chi connectivity index (χ0) is 15.4. The molecule has 8 heteroatoms. The summed E-state index contributed by atoms with van der Waals surface area (Å²) in [7, 11) is 0. The first-order valence-electron chi connectivity index (χ1n) is 6.32. The zero-order valence-electron chi connectivity index (χ0n) is 11.3. The van der Waals surface area contributed by atoms with Gasteiger partial charge in [0.1, 0.15) is 23.9 Å². The first kappa shape index (κ1) is 15.0. The summed E-state index contributed by atoms with van der Waals surface area (Å²) in [6.45, 7) is 1.59. The van der Waals surface area contributed by atoms with Gasteiger partial charge in [0, 0.05) is 6.07 Å². The number of hydrogen-bond donors (Lipinski definition) is 2. The molecule has 0 saturated heterocycles. The molecule has 0 saturated carbocycles. The minimum absolute atomic E-state index is 0.115. The standard InChI is InChI=1S/C13H14F2N4O2/c1-2-12(20)11-6-19(18-17-11)7-13(21)16-10-4-3-8(14)5-9(10)15/h3-6,12,20H,2,7H2,1H3,(H,16,21). The van der Waals surface area contributed by atoms with E-state index in [0.29, 0.717) is 18.2 Å². The lowest BCUT2D eigenvalue weighted by Crippen LogP contribution is -2.19. The second-order valence-electron chi connectivity index (χ2n) is 4.44.